The van der Waals surface area contributed by atoms with Crippen LogP contribution in [0, 0.1) is 16.7 Å². The number of carbonyl (C=O) groups excluding carboxylic acids is 1. The molecule has 0 aromatic rings. The molecule has 0 radical (unpaired) electrons. The van der Waals surface area contributed by atoms with Crippen LogP contribution in [0.5, 0.6) is 0 Å². The highest BCUT2D eigenvalue weighted by atomic mass is 16.2. The van der Waals surface area contributed by atoms with Gasteiger partial charge in [0.2, 0.25) is 5.91 Å². The number of rotatable bonds is 7. The Balaban J connectivity index is 2.78. The molecule has 4 nitrogen and oxygen atoms in total. The van der Waals surface area contributed by atoms with Gasteiger partial charge in [0, 0.05) is 19.1 Å². The molecule has 0 unspecified atom stereocenters. The van der Waals surface area contributed by atoms with Gasteiger partial charge in [0.1, 0.15) is 0 Å². The van der Waals surface area contributed by atoms with Crippen molar-refractivity contribution >= 4 is 5.91 Å². The third-order valence-electron chi connectivity index (χ3n) is 3.91. The second-order valence-electron chi connectivity index (χ2n) is 4.83. The molecular formula is C13H23N3O. The molecule has 1 aliphatic rings. The van der Waals surface area contributed by atoms with E-state index in [-0.39, 0.29) is 5.91 Å². The van der Waals surface area contributed by atoms with Crippen LogP contribution in [0.25, 0.3) is 0 Å². The Morgan fingerprint density at radius 3 is 2.41 bits per heavy atom. The predicted octanol–water partition coefficient (Wildman–Crippen LogP) is 1.66. The largest absolute Gasteiger partial charge is 0.338 e. The van der Waals surface area contributed by atoms with Gasteiger partial charge in [0.15, 0.2) is 0 Å². The van der Waals surface area contributed by atoms with Crippen molar-refractivity contribution in [3.63, 3.8) is 0 Å². The monoisotopic (exact) mass is 237 g/mol. The van der Waals surface area contributed by atoms with Crippen LogP contribution >= 0.6 is 0 Å². The van der Waals surface area contributed by atoms with Crippen molar-refractivity contribution in [2.75, 3.05) is 13.1 Å². The maximum Gasteiger partial charge on any atom is 0.230 e. The summed E-state index contributed by atoms with van der Waals surface area (Å²) in [5, 5.41) is 8.66. The van der Waals surface area contributed by atoms with Gasteiger partial charge in [-0.2, -0.15) is 5.26 Å². The molecule has 0 atom stereocenters. The second kappa shape index (κ2) is 6.02. The van der Waals surface area contributed by atoms with Crippen LogP contribution in [0.2, 0.25) is 0 Å². The smallest absolute Gasteiger partial charge is 0.230 e. The molecule has 0 aliphatic heterocycles. The van der Waals surface area contributed by atoms with Crippen LogP contribution in [0.1, 0.15) is 46.0 Å². The third-order valence-corrected chi connectivity index (χ3v) is 3.91. The normalized spacial score (nSPS) is 15.4. The van der Waals surface area contributed by atoms with Crippen molar-refractivity contribution in [3.05, 3.63) is 0 Å². The number of amides is 1. The van der Waals surface area contributed by atoms with Gasteiger partial charge in [-0.25, -0.2) is 0 Å². The maximum atomic E-state index is 12.6. The molecular weight excluding hydrogens is 214 g/mol. The van der Waals surface area contributed by atoms with E-state index in [1.54, 1.807) is 0 Å². The topological polar surface area (TPSA) is 70.1 Å². The summed E-state index contributed by atoms with van der Waals surface area (Å²) in [5.41, 5.74) is 5.39. The van der Waals surface area contributed by atoms with E-state index >= 15 is 0 Å². The molecule has 0 bridgehead atoms. The van der Waals surface area contributed by atoms with E-state index in [0.717, 1.165) is 25.7 Å². The average molecular weight is 237 g/mol. The minimum Gasteiger partial charge on any atom is -0.338 e. The van der Waals surface area contributed by atoms with Crippen molar-refractivity contribution in [2.45, 2.75) is 52.0 Å². The van der Waals surface area contributed by atoms with Gasteiger partial charge < -0.3 is 10.6 Å². The minimum absolute atomic E-state index is 0.155. The lowest BCUT2D eigenvalue weighted by molar-refractivity contribution is -0.142. The van der Waals surface area contributed by atoms with Gasteiger partial charge >= 0.3 is 0 Å². The number of hydrogen-bond acceptors (Lipinski definition) is 3. The summed E-state index contributed by atoms with van der Waals surface area (Å²) in [6, 6.07) is 2.48. The highest BCUT2D eigenvalue weighted by Gasteiger charge is 2.41. The molecule has 0 spiro atoms. The molecule has 96 valence electrons. The van der Waals surface area contributed by atoms with E-state index in [4.69, 9.17) is 11.0 Å². The summed E-state index contributed by atoms with van der Waals surface area (Å²) in [4.78, 5) is 14.5. The molecule has 0 heterocycles. The van der Waals surface area contributed by atoms with E-state index in [2.05, 4.69) is 6.07 Å². The first-order valence-corrected chi connectivity index (χ1v) is 6.53. The molecule has 0 aromatic heterocycles. The van der Waals surface area contributed by atoms with Crippen LogP contribution < -0.4 is 5.73 Å². The van der Waals surface area contributed by atoms with Gasteiger partial charge in [0.25, 0.3) is 0 Å². The van der Waals surface area contributed by atoms with Crippen molar-refractivity contribution in [1.29, 1.82) is 5.26 Å². The zero-order valence-corrected chi connectivity index (χ0v) is 10.9. The fourth-order valence-corrected chi connectivity index (χ4v) is 2.24. The summed E-state index contributed by atoms with van der Waals surface area (Å²) < 4.78 is 0. The lowest BCUT2D eigenvalue weighted by Gasteiger charge is -2.35. The molecule has 0 aromatic carbocycles. The van der Waals surface area contributed by atoms with Crippen LogP contribution in [-0.2, 0) is 4.79 Å². The first kappa shape index (κ1) is 14.0. The summed E-state index contributed by atoms with van der Waals surface area (Å²) in [7, 11) is 0. The molecule has 4 heteroatoms. The van der Waals surface area contributed by atoms with Gasteiger partial charge in [-0.3, -0.25) is 4.79 Å². The number of nitrogens with zero attached hydrogens (tertiary/aromatic N) is 2. The Morgan fingerprint density at radius 1 is 1.47 bits per heavy atom. The minimum atomic E-state index is -0.419. The fraction of sp³-hybridized carbons (Fsp3) is 0.846. The van der Waals surface area contributed by atoms with E-state index in [1.807, 2.05) is 18.7 Å². The van der Waals surface area contributed by atoms with Gasteiger partial charge in [-0.1, -0.05) is 13.8 Å². The summed E-state index contributed by atoms with van der Waals surface area (Å²) >= 11 is 0. The fourth-order valence-electron chi connectivity index (χ4n) is 2.24. The van der Waals surface area contributed by atoms with Gasteiger partial charge in [-0.15, -0.1) is 0 Å². The Kier molecular flexibility index (Phi) is 4.95. The molecule has 1 aliphatic carbocycles. The average Bonchev–Trinajstić information content (AvgIpc) is 3.17. The molecule has 0 saturated heterocycles. The molecule has 1 amide bonds. The standard InChI is InChI=1S/C13H23N3O/c1-3-13(4-2,10-15)12(17)16(9-5-8-14)11-6-7-11/h11H,3-7,9-10,15H2,1-2H3. The lowest BCUT2D eigenvalue weighted by atomic mass is 9.81. The Labute approximate surface area is 104 Å². The van der Waals surface area contributed by atoms with Crippen molar-refractivity contribution < 1.29 is 4.79 Å². The molecule has 1 rings (SSSR count). The summed E-state index contributed by atoms with van der Waals surface area (Å²) in [5.74, 6) is 0.155. The van der Waals surface area contributed by atoms with Gasteiger partial charge in [0.05, 0.1) is 17.9 Å². The maximum absolute atomic E-state index is 12.6. The number of nitrogens with two attached hydrogens (primary N) is 1. The quantitative estimate of drug-likeness (QED) is 0.732. The first-order valence-electron chi connectivity index (χ1n) is 6.53. The zero-order valence-electron chi connectivity index (χ0n) is 10.9. The SMILES string of the molecule is CCC(CC)(CN)C(=O)N(CCC#N)C1CC1. The van der Waals surface area contributed by atoms with Crippen LogP contribution in [0.15, 0.2) is 0 Å². The van der Waals surface area contributed by atoms with E-state index < -0.39 is 5.41 Å². The third kappa shape index (κ3) is 2.98. The van der Waals surface area contributed by atoms with Crippen molar-refractivity contribution in [2.24, 2.45) is 11.1 Å². The number of hydrogen-bond donors (Lipinski definition) is 1. The van der Waals surface area contributed by atoms with Crippen LogP contribution in [0.3, 0.4) is 0 Å². The summed E-state index contributed by atoms with van der Waals surface area (Å²) in [6.07, 6.45) is 4.11. The molecule has 2 N–H and O–H groups in total. The molecule has 17 heavy (non-hydrogen) atoms. The number of carbonyl (C=O) groups is 1. The molecule has 1 fully saturated rings. The first-order chi connectivity index (χ1) is 8.15. The lowest BCUT2D eigenvalue weighted by Crippen LogP contribution is -2.48. The van der Waals surface area contributed by atoms with Crippen molar-refractivity contribution in [3.8, 4) is 6.07 Å². The van der Waals surface area contributed by atoms with Crippen LogP contribution in [-0.4, -0.2) is 29.9 Å². The Morgan fingerprint density at radius 2 is 2.06 bits per heavy atom. The second-order valence-corrected chi connectivity index (χ2v) is 4.83. The molecule has 1 saturated carbocycles. The highest BCUT2D eigenvalue weighted by Crippen LogP contribution is 2.34. The van der Waals surface area contributed by atoms with E-state index in [0.29, 0.717) is 25.6 Å². The van der Waals surface area contributed by atoms with E-state index in [9.17, 15) is 4.79 Å². The summed E-state index contributed by atoms with van der Waals surface area (Å²) in [6.45, 7) is 4.99. The van der Waals surface area contributed by atoms with Crippen molar-refractivity contribution in [1.82, 2.24) is 4.90 Å². The number of nitriles is 1. The predicted molar refractivity (Wildman–Crippen MR) is 67.0 cm³/mol. The highest BCUT2D eigenvalue weighted by molar-refractivity contribution is 5.83. The van der Waals surface area contributed by atoms with E-state index in [1.165, 1.54) is 0 Å². The van der Waals surface area contributed by atoms with Gasteiger partial charge in [-0.05, 0) is 25.7 Å². The Hall–Kier alpha value is -1.08. The zero-order chi connectivity index (χ0) is 12.9. The van der Waals surface area contributed by atoms with Crippen LogP contribution in [0.4, 0.5) is 0 Å². The Bertz CT molecular complexity index is 292.